The lowest BCUT2D eigenvalue weighted by molar-refractivity contribution is 0.283. The van der Waals surface area contributed by atoms with Crippen molar-refractivity contribution in [2.45, 2.75) is 32.1 Å². The summed E-state index contributed by atoms with van der Waals surface area (Å²) in [5, 5.41) is 12.3. The summed E-state index contributed by atoms with van der Waals surface area (Å²) in [4.78, 5) is 13.6. The molecule has 0 bridgehead atoms. The minimum atomic E-state index is 0.527. The monoisotopic (exact) mass is 424 g/mol. The third kappa shape index (κ3) is 4.24. The molecule has 0 aliphatic heterocycles. The van der Waals surface area contributed by atoms with Crippen molar-refractivity contribution in [3.63, 3.8) is 0 Å². The van der Waals surface area contributed by atoms with E-state index in [1.165, 1.54) is 29.5 Å². The van der Waals surface area contributed by atoms with Gasteiger partial charge in [-0.1, -0.05) is 0 Å². The molecule has 0 saturated heterocycles. The predicted molar refractivity (Wildman–Crippen MR) is 125 cm³/mol. The van der Waals surface area contributed by atoms with Crippen LogP contribution in [0.1, 0.15) is 35.3 Å². The van der Waals surface area contributed by atoms with Crippen LogP contribution >= 0.6 is 11.3 Å². The van der Waals surface area contributed by atoms with E-state index in [4.69, 9.17) is 15.9 Å². The molecule has 0 saturated carbocycles. The minimum absolute atomic E-state index is 0.527. The van der Waals surface area contributed by atoms with E-state index in [2.05, 4.69) is 20.2 Å². The van der Waals surface area contributed by atoms with Gasteiger partial charge in [0.2, 0.25) is 0 Å². The summed E-state index contributed by atoms with van der Waals surface area (Å²) < 4.78 is 6.06. The van der Waals surface area contributed by atoms with Crippen LogP contribution in [0.25, 0.3) is 10.2 Å². The molecule has 0 radical (unpaired) electrons. The Kier molecular flexibility index (Phi) is 6.15. The highest BCUT2D eigenvalue weighted by molar-refractivity contribution is 7.19. The third-order valence-electron chi connectivity index (χ3n) is 5.35. The van der Waals surface area contributed by atoms with Crippen molar-refractivity contribution >= 4 is 45.0 Å². The second-order valence-electron chi connectivity index (χ2n) is 7.87. The summed E-state index contributed by atoms with van der Waals surface area (Å²) in [7, 11) is 4.09. The molecule has 0 spiro atoms. The smallest absolute Gasteiger partial charge is 0.144 e. The van der Waals surface area contributed by atoms with Gasteiger partial charge in [-0.05, 0) is 57.8 Å². The van der Waals surface area contributed by atoms with Crippen LogP contribution in [0.4, 0.5) is 17.2 Å². The van der Waals surface area contributed by atoms with Gasteiger partial charge in [0.1, 0.15) is 22.7 Å². The topological polar surface area (TPSA) is 100 Å². The van der Waals surface area contributed by atoms with Gasteiger partial charge in [0, 0.05) is 35.0 Å². The fourth-order valence-electron chi connectivity index (χ4n) is 3.83. The van der Waals surface area contributed by atoms with Crippen LogP contribution in [0, 0.1) is 5.41 Å². The highest BCUT2D eigenvalue weighted by atomic mass is 32.1. The van der Waals surface area contributed by atoms with E-state index < -0.39 is 0 Å². The van der Waals surface area contributed by atoms with E-state index in [1.807, 2.05) is 20.2 Å². The number of nitrogens with zero attached hydrogens (tertiary/aromatic N) is 3. The Hall–Kier alpha value is -2.71. The Morgan fingerprint density at radius 3 is 2.90 bits per heavy atom. The standard InChI is InChI=1S/C22H28N6OS/c1-28(2)8-5-9-29-18-11-16(24)14(12-23)10-17(18)27-21-20-15-6-3-4-7-19(15)30-22(20)26-13-25-21/h10-13,23H,3-9,24H2,1-2H3,(H,25,26,27). The lowest BCUT2D eigenvalue weighted by Gasteiger charge is -2.17. The van der Waals surface area contributed by atoms with Crippen LogP contribution in [0.2, 0.25) is 0 Å². The first kappa shape index (κ1) is 20.6. The molecule has 8 heteroatoms. The summed E-state index contributed by atoms with van der Waals surface area (Å²) in [5.41, 5.74) is 9.44. The number of rotatable bonds is 8. The minimum Gasteiger partial charge on any atom is -0.491 e. The first-order chi connectivity index (χ1) is 14.6. The Balaban J connectivity index is 1.68. The number of anilines is 3. The molecule has 2 heterocycles. The molecule has 7 nitrogen and oxygen atoms in total. The number of nitrogen functional groups attached to an aromatic ring is 1. The molecule has 0 fully saturated rings. The van der Waals surface area contributed by atoms with Gasteiger partial charge in [0.05, 0.1) is 17.7 Å². The Bertz CT molecular complexity index is 1060. The van der Waals surface area contributed by atoms with Gasteiger partial charge >= 0.3 is 0 Å². The summed E-state index contributed by atoms with van der Waals surface area (Å²) in [6, 6.07) is 3.65. The van der Waals surface area contributed by atoms with Crippen molar-refractivity contribution in [1.29, 1.82) is 5.41 Å². The van der Waals surface area contributed by atoms with Crippen molar-refractivity contribution in [3.05, 3.63) is 34.5 Å². The average Bonchev–Trinajstić information content (AvgIpc) is 3.12. The van der Waals surface area contributed by atoms with E-state index in [-0.39, 0.29) is 0 Å². The molecule has 0 unspecified atom stereocenters. The Morgan fingerprint density at radius 1 is 1.27 bits per heavy atom. The first-order valence-electron chi connectivity index (χ1n) is 10.3. The van der Waals surface area contributed by atoms with Crippen LogP contribution in [-0.4, -0.2) is 48.3 Å². The molecule has 2 aromatic heterocycles. The molecule has 0 atom stereocenters. The van der Waals surface area contributed by atoms with Crippen molar-refractivity contribution in [2.24, 2.45) is 0 Å². The zero-order chi connectivity index (χ0) is 21.1. The SMILES string of the molecule is CN(C)CCCOc1cc(N)c(C=N)cc1Nc1ncnc2sc3c(c12)CCCC3. The molecule has 4 N–H and O–H groups in total. The zero-order valence-electron chi connectivity index (χ0n) is 17.5. The van der Waals surface area contributed by atoms with Crippen molar-refractivity contribution in [3.8, 4) is 5.75 Å². The Morgan fingerprint density at radius 2 is 2.10 bits per heavy atom. The number of nitrogens with one attached hydrogen (secondary N) is 2. The number of aromatic nitrogens is 2. The van der Waals surface area contributed by atoms with Gasteiger partial charge in [-0.25, -0.2) is 9.97 Å². The summed E-state index contributed by atoms with van der Waals surface area (Å²) in [6.07, 6.45) is 8.41. The van der Waals surface area contributed by atoms with E-state index in [0.717, 1.165) is 47.5 Å². The number of benzene rings is 1. The number of thiophene rings is 1. The summed E-state index contributed by atoms with van der Waals surface area (Å²) in [5.74, 6) is 1.46. The molecule has 158 valence electrons. The number of hydrogen-bond donors (Lipinski definition) is 3. The lowest BCUT2D eigenvalue weighted by atomic mass is 9.97. The van der Waals surface area contributed by atoms with Crippen molar-refractivity contribution in [2.75, 3.05) is 38.3 Å². The normalized spacial score (nSPS) is 13.4. The van der Waals surface area contributed by atoms with E-state index in [1.54, 1.807) is 23.7 Å². The van der Waals surface area contributed by atoms with Crippen LogP contribution in [0.3, 0.4) is 0 Å². The maximum atomic E-state index is 7.67. The number of ether oxygens (including phenoxy) is 1. The molecule has 1 aliphatic carbocycles. The van der Waals surface area contributed by atoms with Gasteiger partial charge in [-0.2, -0.15) is 0 Å². The molecule has 3 aromatic rings. The molecule has 1 aliphatic rings. The fourth-order valence-corrected chi connectivity index (χ4v) is 5.06. The zero-order valence-corrected chi connectivity index (χ0v) is 18.3. The molecular formula is C22H28N6OS. The maximum absolute atomic E-state index is 7.67. The number of hydrogen-bond acceptors (Lipinski definition) is 8. The fraction of sp³-hybridized carbons (Fsp3) is 0.409. The van der Waals surface area contributed by atoms with E-state index in [9.17, 15) is 0 Å². The third-order valence-corrected chi connectivity index (χ3v) is 6.55. The molecule has 4 rings (SSSR count). The van der Waals surface area contributed by atoms with Gasteiger partial charge in [0.25, 0.3) is 0 Å². The van der Waals surface area contributed by atoms with Gasteiger partial charge in [0.15, 0.2) is 0 Å². The maximum Gasteiger partial charge on any atom is 0.144 e. The van der Waals surface area contributed by atoms with Crippen LogP contribution in [0.15, 0.2) is 18.5 Å². The summed E-state index contributed by atoms with van der Waals surface area (Å²) >= 11 is 1.78. The molecule has 0 amide bonds. The van der Waals surface area contributed by atoms with Crippen LogP contribution in [0.5, 0.6) is 5.75 Å². The van der Waals surface area contributed by atoms with Gasteiger partial charge < -0.3 is 26.1 Å². The van der Waals surface area contributed by atoms with E-state index in [0.29, 0.717) is 23.6 Å². The van der Waals surface area contributed by atoms with Gasteiger partial charge in [-0.3, -0.25) is 0 Å². The highest BCUT2D eigenvalue weighted by Crippen LogP contribution is 2.40. The highest BCUT2D eigenvalue weighted by Gasteiger charge is 2.21. The second kappa shape index (κ2) is 8.97. The predicted octanol–water partition coefficient (Wildman–Crippen LogP) is 4.22. The van der Waals surface area contributed by atoms with Gasteiger partial charge in [-0.15, -0.1) is 11.3 Å². The number of aryl methyl sites for hydroxylation is 2. The first-order valence-corrected chi connectivity index (χ1v) is 11.1. The number of fused-ring (bicyclic) bond motifs is 3. The molecular weight excluding hydrogens is 396 g/mol. The quantitative estimate of drug-likeness (QED) is 0.284. The van der Waals surface area contributed by atoms with Crippen LogP contribution < -0.4 is 15.8 Å². The van der Waals surface area contributed by atoms with Crippen LogP contribution in [-0.2, 0) is 12.8 Å². The molecule has 30 heavy (non-hydrogen) atoms. The Labute approximate surface area is 180 Å². The van der Waals surface area contributed by atoms with Crippen molar-refractivity contribution < 1.29 is 4.74 Å². The summed E-state index contributed by atoms with van der Waals surface area (Å²) in [6.45, 7) is 1.54. The largest absolute Gasteiger partial charge is 0.491 e. The van der Waals surface area contributed by atoms with E-state index >= 15 is 0 Å². The lowest BCUT2D eigenvalue weighted by Crippen LogP contribution is -2.15. The molecule has 1 aromatic carbocycles. The average molecular weight is 425 g/mol. The number of nitrogens with two attached hydrogens (primary N) is 1. The second-order valence-corrected chi connectivity index (χ2v) is 8.95. The van der Waals surface area contributed by atoms with Crippen molar-refractivity contribution in [1.82, 2.24) is 14.9 Å².